The monoisotopic (exact) mass is 590 g/mol. The number of aryl methyl sites for hydroxylation is 2. The van der Waals surface area contributed by atoms with Crippen molar-refractivity contribution in [1.82, 2.24) is 0 Å². The van der Waals surface area contributed by atoms with E-state index in [-0.39, 0.29) is 0 Å². The minimum Gasteiger partial charge on any atom is -0.0622 e. The Morgan fingerprint density at radius 1 is 0.465 bits per heavy atom. The van der Waals surface area contributed by atoms with Crippen LogP contribution in [0.5, 0.6) is 0 Å². The zero-order chi connectivity index (χ0) is 29.0. The Kier molecular flexibility index (Phi) is 8.34. The zero-order valence-corrected chi connectivity index (χ0v) is 26.4. The normalized spacial score (nSPS) is 14.3. The van der Waals surface area contributed by atoms with Crippen LogP contribution in [0.3, 0.4) is 0 Å². The summed E-state index contributed by atoms with van der Waals surface area (Å²) in [4.78, 5) is 0. The van der Waals surface area contributed by atoms with Crippen molar-refractivity contribution in [2.75, 3.05) is 0 Å². The van der Waals surface area contributed by atoms with Gasteiger partial charge in [-0.3, -0.25) is 0 Å². The summed E-state index contributed by atoms with van der Waals surface area (Å²) < 4.78 is 0. The topological polar surface area (TPSA) is 0 Å². The van der Waals surface area contributed by atoms with E-state index in [1.165, 1.54) is 60.5 Å². The van der Waals surface area contributed by atoms with Crippen molar-refractivity contribution in [3.8, 4) is 0 Å². The summed E-state index contributed by atoms with van der Waals surface area (Å²) in [6.07, 6.45) is 3.38. The van der Waals surface area contributed by atoms with Crippen LogP contribution >= 0.6 is 15.8 Å². The summed E-state index contributed by atoms with van der Waals surface area (Å²) in [6, 6.07) is 59.2. The molecule has 0 nitrogen and oxygen atoms in total. The largest absolute Gasteiger partial charge is 0.0622 e. The fraction of sp³-hybridized carbons (Fsp3) is 0.122. The highest BCUT2D eigenvalue weighted by Crippen LogP contribution is 2.43. The Hall–Kier alpha value is -3.82. The van der Waals surface area contributed by atoms with Crippen LogP contribution in [0.1, 0.15) is 41.5 Å². The lowest BCUT2D eigenvalue weighted by Crippen LogP contribution is -2.22. The Balaban J connectivity index is 1.33. The highest BCUT2D eigenvalue weighted by atomic mass is 31.1. The van der Waals surface area contributed by atoms with Crippen molar-refractivity contribution < 1.29 is 0 Å². The molecule has 210 valence electrons. The maximum Gasteiger partial charge on any atom is 0.00984 e. The van der Waals surface area contributed by atoms with Crippen LogP contribution in [0, 0.1) is 0 Å². The number of hydrogen-bond acceptors (Lipinski definition) is 0. The lowest BCUT2D eigenvalue weighted by atomic mass is 9.88. The van der Waals surface area contributed by atoms with Gasteiger partial charge in [-0.2, -0.15) is 0 Å². The average Bonchev–Trinajstić information content (AvgIpc) is 3.50. The molecular weight excluding hydrogens is 554 g/mol. The highest BCUT2D eigenvalue weighted by Gasteiger charge is 2.29. The minimum atomic E-state index is -0.635. The number of hydrogen-bond donors (Lipinski definition) is 0. The maximum atomic E-state index is 2.58. The van der Waals surface area contributed by atoms with Crippen molar-refractivity contribution in [1.29, 1.82) is 0 Å². The molecule has 1 aliphatic carbocycles. The molecule has 0 radical (unpaired) electrons. The zero-order valence-electron chi connectivity index (χ0n) is 24.6. The van der Waals surface area contributed by atoms with Crippen molar-refractivity contribution >= 4 is 47.7 Å². The molecule has 0 heterocycles. The molecule has 0 spiro atoms. The van der Waals surface area contributed by atoms with Crippen LogP contribution in [-0.4, -0.2) is 0 Å². The third-order valence-electron chi connectivity index (χ3n) is 8.67. The van der Waals surface area contributed by atoms with Gasteiger partial charge in [0.2, 0.25) is 0 Å². The molecule has 1 aliphatic rings. The number of fused-ring (bicyclic) bond motifs is 1. The van der Waals surface area contributed by atoms with Crippen LogP contribution in [-0.2, 0) is 12.8 Å². The Labute approximate surface area is 259 Å². The van der Waals surface area contributed by atoms with E-state index in [0.717, 1.165) is 12.8 Å². The van der Waals surface area contributed by atoms with Gasteiger partial charge in [0.25, 0.3) is 0 Å². The molecule has 43 heavy (non-hydrogen) atoms. The second kappa shape index (κ2) is 12.8. The third kappa shape index (κ3) is 5.76. The Bertz CT molecular complexity index is 1720. The molecule has 6 aromatic rings. The molecule has 0 bridgehead atoms. The molecule has 0 saturated heterocycles. The summed E-state index contributed by atoms with van der Waals surface area (Å²) >= 11 is 0. The van der Waals surface area contributed by atoms with Crippen LogP contribution in [0.15, 0.2) is 158 Å². The summed E-state index contributed by atoms with van der Waals surface area (Å²) in [5, 5.41) is 8.52. The van der Waals surface area contributed by atoms with Gasteiger partial charge < -0.3 is 0 Å². The highest BCUT2D eigenvalue weighted by molar-refractivity contribution is 7.80. The molecule has 0 unspecified atom stereocenters. The molecule has 1 atom stereocenters. The molecule has 0 N–H and O–H groups in total. The number of rotatable bonds is 8. The SMILES string of the molecule is CCc1ccc(P(c2ccccc2)c2ccccc2)cc1[C@H]1CCc2ccc(P(c3ccccc3)c3ccccc3)cc21. The number of benzene rings is 6. The van der Waals surface area contributed by atoms with E-state index in [2.05, 4.69) is 165 Å². The van der Waals surface area contributed by atoms with Gasteiger partial charge in [-0.25, -0.2) is 0 Å². The first-order chi connectivity index (χ1) is 21.3. The Morgan fingerprint density at radius 3 is 1.33 bits per heavy atom. The van der Waals surface area contributed by atoms with E-state index in [1.807, 2.05) is 0 Å². The lowest BCUT2D eigenvalue weighted by molar-refractivity contribution is 0.777. The molecular formula is C41H36P2. The molecule has 0 saturated carbocycles. The fourth-order valence-electron chi connectivity index (χ4n) is 6.62. The van der Waals surface area contributed by atoms with E-state index in [9.17, 15) is 0 Å². The van der Waals surface area contributed by atoms with E-state index >= 15 is 0 Å². The van der Waals surface area contributed by atoms with Gasteiger partial charge in [-0.1, -0.05) is 153 Å². The molecule has 6 aromatic carbocycles. The van der Waals surface area contributed by atoms with Gasteiger partial charge in [0.15, 0.2) is 0 Å². The standard InChI is InChI=1S/C41H36P2/c1-2-31-23-26-37(42(33-15-7-3-8-16-33)34-17-9-4-10-18-34)29-40(31)39-28-25-32-24-27-38(30-41(32)39)43(35-19-11-5-12-20-35)36-21-13-6-14-22-36/h3-24,26-27,29-30,39H,2,25,28H2,1H3/t39-/m1/s1. The van der Waals surface area contributed by atoms with Gasteiger partial charge in [0.05, 0.1) is 0 Å². The van der Waals surface area contributed by atoms with Gasteiger partial charge >= 0.3 is 0 Å². The second-order valence-electron chi connectivity index (χ2n) is 11.2. The van der Waals surface area contributed by atoms with Crippen molar-refractivity contribution in [2.45, 2.75) is 32.1 Å². The minimum absolute atomic E-state index is 0.427. The van der Waals surface area contributed by atoms with Gasteiger partial charge in [-0.15, -0.1) is 0 Å². The van der Waals surface area contributed by atoms with Crippen molar-refractivity contribution in [2.24, 2.45) is 0 Å². The first-order valence-electron chi connectivity index (χ1n) is 15.4. The van der Waals surface area contributed by atoms with E-state index in [1.54, 1.807) is 0 Å². The molecule has 0 aromatic heterocycles. The second-order valence-corrected chi connectivity index (χ2v) is 15.7. The maximum absolute atomic E-state index is 2.58. The third-order valence-corrected chi connectivity index (χ3v) is 13.5. The van der Waals surface area contributed by atoms with Crippen LogP contribution in [0.2, 0.25) is 0 Å². The van der Waals surface area contributed by atoms with E-state index < -0.39 is 15.8 Å². The van der Waals surface area contributed by atoms with Crippen molar-refractivity contribution in [3.05, 3.63) is 180 Å². The summed E-state index contributed by atoms with van der Waals surface area (Å²) in [5.74, 6) is 0.427. The molecule has 2 heteroatoms. The van der Waals surface area contributed by atoms with Gasteiger partial charge in [0.1, 0.15) is 0 Å². The summed E-state index contributed by atoms with van der Waals surface area (Å²) in [7, 11) is -1.26. The van der Waals surface area contributed by atoms with Crippen LogP contribution in [0.25, 0.3) is 0 Å². The molecule has 7 rings (SSSR count). The molecule has 0 fully saturated rings. The lowest BCUT2D eigenvalue weighted by Gasteiger charge is -2.24. The quantitative estimate of drug-likeness (QED) is 0.159. The molecule has 0 aliphatic heterocycles. The van der Waals surface area contributed by atoms with Crippen molar-refractivity contribution in [3.63, 3.8) is 0 Å². The first kappa shape index (κ1) is 28.0. The van der Waals surface area contributed by atoms with E-state index in [0.29, 0.717) is 5.92 Å². The summed E-state index contributed by atoms with van der Waals surface area (Å²) in [5.41, 5.74) is 6.06. The van der Waals surface area contributed by atoms with Crippen LogP contribution < -0.4 is 31.8 Å². The van der Waals surface area contributed by atoms with Gasteiger partial charge in [0, 0.05) is 5.92 Å². The smallest absolute Gasteiger partial charge is 0.00984 e. The molecule has 0 amide bonds. The summed E-state index contributed by atoms with van der Waals surface area (Å²) in [6.45, 7) is 2.31. The predicted molar refractivity (Wildman–Crippen MR) is 190 cm³/mol. The Morgan fingerprint density at radius 2 is 0.884 bits per heavy atom. The van der Waals surface area contributed by atoms with E-state index in [4.69, 9.17) is 0 Å². The first-order valence-corrected chi connectivity index (χ1v) is 18.0. The fourth-order valence-corrected chi connectivity index (χ4v) is 11.3. The van der Waals surface area contributed by atoms with Crippen LogP contribution in [0.4, 0.5) is 0 Å². The average molecular weight is 591 g/mol. The predicted octanol–water partition coefficient (Wildman–Crippen LogP) is 7.84. The van der Waals surface area contributed by atoms with Gasteiger partial charge in [-0.05, 0) is 101 Å².